The summed E-state index contributed by atoms with van der Waals surface area (Å²) in [7, 11) is 0. The van der Waals surface area contributed by atoms with Crippen molar-refractivity contribution < 1.29 is 19.1 Å². The van der Waals surface area contributed by atoms with Crippen LogP contribution in [0.3, 0.4) is 0 Å². The van der Waals surface area contributed by atoms with E-state index in [1.54, 1.807) is 0 Å². The number of aromatic nitrogens is 2. The van der Waals surface area contributed by atoms with Crippen molar-refractivity contribution in [2.75, 3.05) is 6.61 Å². The van der Waals surface area contributed by atoms with Crippen molar-refractivity contribution in [1.82, 2.24) is 9.78 Å². The summed E-state index contributed by atoms with van der Waals surface area (Å²) in [6.07, 6.45) is 1.18. The average Bonchev–Trinajstić information content (AvgIpc) is 2.83. The Morgan fingerprint density at radius 1 is 1.50 bits per heavy atom. The van der Waals surface area contributed by atoms with Gasteiger partial charge < -0.3 is 9.47 Å². The average molecular weight is 280 g/mol. The molecule has 7 nitrogen and oxygen atoms in total. The molecule has 0 N–H and O–H groups in total. The van der Waals surface area contributed by atoms with Crippen LogP contribution in [0.15, 0.2) is 16.9 Å². The van der Waals surface area contributed by atoms with Crippen LogP contribution < -0.4 is 5.56 Å². The molecule has 108 valence electrons. The van der Waals surface area contributed by atoms with E-state index in [0.29, 0.717) is 13.0 Å². The number of esters is 2. The molecule has 0 bridgehead atoms. The number of aryl methyl sites for hydroxylation is 1. The Kier molecular flexibility index (Phi) is 4.49. The number of unbranched alkanes of at least 4 members (excludes halogenated alkanes) is 1. The van der Waals surface area contributed by atoms with E-state index in [-0.39, 0.29) is 17.9 Å². The molecule has 1 aromatic heterocycles. The van der Waals surface area contributed by atoms with Gasteiger partial charge in [0.2, 0.25) is 6.10 Å². The SMILES string of the molecule is CCCCn1nc(C(=O)OC2CCOC2=O)ccc1=O. The Hall–Kier alpha value is -2.18. The van der Waals surface area contributed by atoms with Gasteiger partial charge in [0.25, 0.3) is 5.56 Å². The summed E-state index contributed by atoms with van der Waals surface area (Å²) in [5.41, 5.74) is -0.254. The third-order valence-corrected chi connectivity index (χ3v) is 2.94. The standard InChI is InChI=1S/C13H16N2O5/c1-2-3-7-15-11(16)5-4-9(14-15)12(17)20-10-6-8-19-13(10)18/h4-5,10H,2-3,6-8H2,1H3. The van der Waals surface area contributed by atoms with E-state index in [0.717, 1.165) is 12.8 Å². The molecule has 0 aliphatic carbocycles. The van der Waals surface area contributed by atoms with Gasteiger partial charge in [-0.25, -0.2) is 14.3 Å². The highest BCUT2D eigenvalue weighted by Gasteiger charge is 2.31. The van der Waals surface area contributed by atoms with Gasteiger partial charge in [-0.2, -0.15) is 5.10 Å². The summed E-state index contributed by atoms with van der Waals surface area (Å²) >= 11 is 0. The lowest BCUT2D eigenvalue weighted by Crippen LogP contribution is -2.27. The topological polar surface area (TPSA) is 87.5 Å². The van der Waals surface area contributed by atoms with Gasteiger partial charge in [-0.3, -0.25) is 4.79 Å². The van der Waals surface area contributed by atoms with Crippen LogP contribution in [-0.4, -0.2) is 34.4 Å². The van der Waals surface area contributed by atoms with Crippen LogP contribution in [0.1, 0.15) is 36.7 Å². The van der Waals surface area contributed by atoms with E-state index < -0.39 is 18.0 Å². The molecule has 1 saturated heterocycles. The first kappa shape index (κ1) is 14.2. The number of carbonyl (C=O) groups is 2. The normalized spacial score (nSPS) is 17.9. The molecule has 1 atom stereocenters. The number of rotatable bonds is 5. The van der Waals surface area contributed by atoms with Crippen LogP contribution in [0.25, 0.3) is 0 Å². The Labute approximate surface area is 115 Å². The molecule has 20 heavy (non-hydrogen) atoms. The second-order valence-corrected chi connectivity index (χ2v) is 4.48. The molecule has 7 heteroatoms. The molecule has 2 heterocycles. The molecule has 1 fully saturated rings. The Morgan fingerprint density at radius 2 is 2.30 bits per heavy atom. The minimum Gasteiger partial charge on any atom is -0.463 e. The molecule has 1 aliphatic rings. The molecule has 2 rings (SSSR count). The number of ether oxygens (including phenoxy) is 2. The second-order valence-electron chi connectivity index (χ2n) is 4.48. The fourth-order valence-corrected chi connectivity index (χ4v) is 1.80. The summed E-state index contributed by atoms with van der Waals surface area (Å²) < 4.78 is 11.0. The number of hydrogen-bond donors (Lipinski definition) is 0. The number of carbonyl (C=O) groups excluding carboxylic acids is 2. The van der Waals surface area contributed by atoms with Crippen molar-refractivity contribution in [2.24, 2.45) is 0 Å². The molecule has 1 unspecified atom stereocenters. The van der Waals surface area contributed by atoms with Crippen molar-refractivity contribution in [2.45, 2.75) is 38.8 Å². The fourth-order valence-electron chi connectivity index (χ4n) is 1.80. The summed E-state index contributed by atoms with van der Waals surface area (Å²) in [6, 6.07) is 2.57. The van der Waals surface area contributed by atoms with E-state index in [4.69, 9.17) is 9.47 Å². The van der Waals surface area contributed by atoms with Crippen LogP contribution >= 0.6 is 0 Å². The van der Waals surface area contributed by atoms with Crippen molar-refractivity contribution in [3.8, 4) is 0 Å². The van der Waals surface area contributed by atoms with Gasteiger partial charge in [0, 0.05) is 19.0 Å². The predicted molar refractivity (Wildman–Crippen MR) is 68.2 cm³/mol. The quantitative estimate of drug-likeness (QED) is 0.730. The lowest BCUT2D eigenvalue weighted by atomic mass is 10.3. The van der Waals surface area contributed by atoms with Gasteiger partial charge in [0.15, 0.2) is 5.69 Å². The number of cyclic esters (lactones) is 1. The van der Waals surface area contributed by atoms with Crippen molar-refractivity contribution >= 4 is 11.9 Å². The van der Waals surface area contributed by atoms with Gasteiger partial charge in [-0.1, -0.05) is 13.3 Å². The molecule has 0 radical (unpaired) electrons. The molecule has 0 amide bonds. The van der Waals surface area contributed by atoms with Crippen molar-refractivity contribution in [3.63, 3.8) is 0 Å². The zero-order valence-corrected chi connectivity index (χ0v) is 11.2. The van der Waals surface area contributed by atoms with Gasteiger partial charge in [-0.15, -0.1) is 0 Å². The zero-order chi connectivity index (χ0) is 14.5. The van der Waals surface area contributed by atoms with E-state index in [2.05, 4.69) is 5.10 Å². The highest BCUT2D eigenvalue weighted by molar-refractivity contribution is 5.89. The third-order valence-electron chi connectivity index (χ3n) is 2.94. The van der Waals surface area contributed by atoms with E-state index in [9.17, 15) is 14.4 Å². The van der Waals surface area contributed by atoms with Crippen LogP contribution in [0, 0.1) is 0 Å². The first-order valence-corrected chi connectivity index (χ1v) is 6.57. The molecule has 0 aromatic carbocycles. The van der Waals surface area contributed by atoms with Gasteiger partial charge in [-0.05, 0) is 12.5 Å². The van der Waals surface area contributed by atoms with E-state index >= 15 is 0 Å². The minimum atomic E-state index is -0.875. The largest absolute Gasteiger partial charge is 0.463 e. The molecule has 0 saturated carbocycles. The Balaban J connectivity index is 2.09. The van der Waals surface area contributed by atoms with Crippen LogP contribution in [0.5, 0.6) is 0 Å². The molecular formula is C13H16N2O5. The monoisotopic (exact) mass is 280 g/mol. The Morgan fingerprint density at radius 3 is 2.95 bits per heavy atom. The maximum absolute atomic E-state index is 11.9. The molecule has 0 spiro atoms. The highest BCUT2D eigenvalue weighted by Crippen LogP contribution is 2.12. The zero-order valence-electron chi connectivity index (χ0n) is 11.2. The molecule has 1 aliphatic heterocycles. The summed E-state index contributed by atoms with van der Waals surface area (Å²) in [5.74, 6) is -1.27. The smallest absolute Gasteiger partial charge is 0.359 e. The van der Waals surface area contributed by atoms with Crippen LogP contribution in [0.2, 0.25) is 0 Å². The predicted octanol–water partition coefficient (Wildman–Crippen LogP) is 0.516. The summed E-state index contributed by atoms with van der Waals surface area (Å²) in [6.45, 7) is 2.69. The minimum absolute atomic E-state index is 0.0143. The number of nitrogens with zero attached hydrogens (tertiary/aromatic N) is 2. The Bertz CT molecular complexity index is 566. The first-order chi connectivity index (χ1) is 9.61. The van der Waals surface area contributed by atoms with E-state index in [1.807, 2.05) is 6.92 Å². The van der Waals surface area contributed by atoms with Crippen molar-refractivity contribution in [3.05, 3.63) is 28.2 Å². The lowest BCUT2D eigenvalue weighted by Gasteiger charge is -2.09. The van der Waals surface area contributed by atoms with Crippen LogP contribution in [0.4, 0.5) is 0 Å². The second kappa shape index (κ2) is 6.31. The third kappa shape index (κ3) is 3.23. The first-order valence-electron chi connectivity index (χ1n) is 6.57. The maximum Gasteiger partial charge on any atom is 0.359 e. The summed E-state index contributed by atoms with van der Waals surface area (Å²) in [4.78, 5) is 34.7. The van der Waals surface area contributed by atoms with E-state index in [1.165, 1.54) is 16.8 Å². The van der Waals surface area contributed by atoms with Gasteiger partial charge in [0.05, 0.1) is 6.61 Å². The van der Waals surface area contributed by atoms with Crippen LogP contribution in [-0.2, 0) is 20.8 Å². The van der Waals surface area contributed by atoms with Gasteiger partial charge >= 0.3 is 11.9 Å². The highest BCUT2D eigenvalue weighted by atomic mass is 16.6. The van der Waals surface area contributed by atoms with Crippen molar-refractivity contribution in [1.29, 1.82) is 0 Å². The lowest BCUT2D eigenvalue weighted by molar-refractivity contribution is -0.145. The number of hydrogen-bond acceptors (Lipinski definition) is 6. The molecular weight excluding hydrogens is 264 g/mol. The maximum atomic E-state index is 11.9. The summed E-state index contributed by atoms with van der Waals surface area (Å²) in [5, 5.41) is 3.95. The molecule has 1 aromatic rings. The van der Waals surface area contributed by atoms with Gasteiger partial charge in [0.1, 0.15) is 0 Å². The fraction of sp³-hybridized carbons (Fsp3) is 0.538.